The molecule has 0 aliphatic carbocycles. The van der Waals surface area contributed by atoms with E-state index in [1.165, 1.54) is 0 Å². The lowest BCUT2D eigenvalue weighted by molar-refractivity contribution is -0.117. The normalized spacial score (nSPS) is 10.3. The molecule has 1 rings (SSSR count). The van der Waals surface area contributed by atoms with Crippen molar-refractivity contribution in [2.45, 2.75) is 26.4 Å². The maximum atomic E-state index is 10.6. The first-order valence-electron chi connectivity index (χ1n) is 5.57. The number of nitrogens with two attached hydrogens (primary N) is 2. The lowest BCUT2D eigenvalue weighted by atomic mass is 10.2. The number of amides is 1. The fourth-order valence-corrected chi connectivity index (χ4v) is 1.33. The molecule has 0 aliphatic heterocycles. The largest absolute Gasteiger partial charge is 0.489 e. The number of anilines is 2. The molecule has 1 amide bonds. The van der Waals surface area contributed by atoms with Crippen molar-refractivity contribution in [2.75, 3.05) is 17.6 Å². The molecule has 0 spiro atoms. The first-order valence-corrected chi connectivity index (χ1v) is 5.57. The topological polar surface area (TPSA) is 90.4 Å². The molecule has 0 radical (unpaired) electrons. The Bertz CT molecular complexity index is 391. The molecule has 0 saturated heterocycles. The lowest BCUT2D eigenvalue weighted by Gasteiger charge is -2.14. The van der Waals surface area contributed by atoms with Gasteiger partial charge in [-0.1, -0.05) is 0 Å². The highest BCUT2D eigenvalue weighted by Gasteiger charge is 2.04. The summed E-state index contributed by atoms with van der Waals surface area (Å²) in [6.45, 7) is 4.37. The number of carbonyl (C=O) groups excluding carboxylic acids is 1. The van der Waals surface area contributed by atoms with Crippen LogP contribution in [0.4, 0.5) is 11.4 Å². The van der Waals surface area contributed by atoms with E-state index in [4.69, 9.17) is 16.2 Å². The Morgan fingerprint density at radius 1 is 1.47 bits per heavy atom. The van der Waals surface area contributed by atoms with E-state index < -0.39 is 0 Å². The lowest BCUT2D eigenvalue weighted by Crippen LogP contribution is -2.16. The number of carbonyl (C=O) groups is 1. The molecule has 1 aromatic carbocycles. The molecule has 5 nitrogen and oxygen atoms in total. The van der Waals surface area contributed by atoms with E-state index in [1.54, 1.807) is 6.07 Å². The van der Waals surface area contributed by atoms with Gasteiger partial charge in [0, 0.05) is 24.7 Å². The van der Waals surface area contributed by atoms with Crippen molar-refractivity contribution in [1.29, 1.82) is 0 Å². The monoisotopic (exact) mass is 237 g/mol. The zero-order valence-electron chi connectivity index (χ0n) is 10.2. The van der Waals surface area contributed by atoms with Crippen LogP contribution in [0.2, 0.25) is 0 Å². The van der Waals surface area contributed by atoms with E-state index in [9.17, 15) is 4.79 Å². The minimum absolute atomic E-state index is 0.0677. The Balaban J connectivity index is 2.64. The summed E-state index contributed by atoms with van der Waals surface area (Å²) in [7, 11) is 0. The molecule has 0 aromatic heterocycles. The van der Waals surface area contributed by atoms with Gasteiger partial charge in [-0.25, -0.2) is 0 Å². The van der Waals surface area contributed by atoms with Gasteiger partial charge in [-0.15, -0.1) is 0 Å². The van der Waals surface area contributed by atoms with Gasteiger partial charge in [0.15, 0.2) is 0 Å². The predicted molar refractivity (Wildman–Crippen MR) is 68.9 cm³/mol. The number of ether oxygens (including phenoxy) is 1. The molecule has 0 unspecified atom stereocenters. The van der Waals surface area contributed by atoms with Gasteiger partial charge in [-0.3, -0.25) is 4.79 Å². The molecular formula is C12H19N3O2. The highest BCUT2D eigenvalue weighted by Crippen LogP contribution is 2.26. The Labute approximate surface area is 101 Å². The van der Waals surface area contributed by atoms with Crippen LogP contribution in [0.5, 0.6) is 5.75 Å². The summed E-state index contributed by atoms with van der Waals surface area (Å²) in [5, 5.41) is 3.08. The number of benzene rings is 1. The summed E-state index contributed by atoms with van der Waals surface area (Å²) in [6.07, 6.45) is 0.364. The molecule has 0 aliphatic rings. The summed E-state index contributed by atoms with van der Waals surface area (Å²) in [5.74, 6) is 0.315. The zero-order valence-corrected chi connectivity index (χ0v) is 10.2. The van der Waals surface area contributed by atoms with Gasteiger partial charge in [0.25, 0.3) is 0 Å². The van der Waals surface area contributed by atoms with Gasteiger partial charge in [0.1, 0.15) is 5.75 Å². The number of rotatable bonds is 6. The third-order valence-electron chi connectivity index (χ3n) is 2.08. The summed E-state index contributed by atoms with van der Waals surface area (Å²) in [4.78, 5) is 10.6. The van der Waals surface area contributed by atoms with Crippen LogP contribution >= 0.6 is 0 Å². The van der Waals surface area contributed by atoms with Gasteiger partial charge in [-0.05, 0) is 26.0 Å². The molecule has 0 saturated carbocycles. The second-order valence-corrected chi connectivity index (χ2v) is 4.06. The third-order valence-corrected chi connectivity index (χ3v) is 2.08. The SMILES string of the molecule is CC(C)Oc1cc(NCCC(N)=O)ccc1N. The van der Waals surface area contributed by atoms with Crippen molar-refractivity contribution in [2.24, 2.45) is 5.73 Å². The van der Waals surface area contributed by atoms with Crippen molar-refractivity contribution in [3.05, 3.63) is 18.2 Å². The first kappa shape index (κ1) is 13.2. The minimum Gasteiger partial charge on any atom is -0.489 e. The van der Waals surface area contributed by atoms with Crippen molar-refractivity contribution in [1.82, 2.24) is 0 Å². The maximum Gasteiger partial charge on any atom is 0.219 e. The summed E-state index contributed by atoms with van der Waals surface area (Å²) in [6, 6.07) is 5.42. The summed E-state index contributed by atoms with van der Waals surface area (Å²) in [5.41, 5.74) is 12.3. The third kappa shape index (κ3) is 4.63. The molecule has 17 heavy (non-hydrogen) atoms. The highest BCUT2D eigenvalue weighted by molar-refractivity contribution is 5.74. The van der Waals surface area contributed by atoms with Crippen molar-refractivity contribution < 1.29 is 9.53 Å². The van der Waals surface area contributed by atoms with Crippen molar-refractivity contribution in [3.63, 3.8) is 0 Å². The van der Waals surface area contributed by atoms with Crippen LogP contribution in [-0.2, 0) is 4.79 Å². The van der Waals surface area contributed by atoms with E-state index in [0.717, 1.165) is 5.69 Å². The van der Waals surface area contributed by atoms with Crippen LogP contribution in [0.1, 0.15) is 20.3 Å². The fourth-order valence-electron chi connectivity index (χ4n) is 1.33. The molecule has 0 fully saturated rings. The highest BCUT2D eigenvalue weighted by atomic mass is 16.5. The standard InChI is InChI=1S/C12H19N3O2/c1-8(2)17-11-7-9(3-4-10(11)13)15-6-5-12(14)16/h3-4,7-8,15H,5-6,13H2,1-2H3,(H2,14,16). The van der Waals surface area contributed by atoms with Crippen LogP contribution in [0.15, 0.2) is 18.2 Å². The van der Waals surface area contributed by atoms with Gasteiger partial charge in [-0.2, -0.15) is 0 Å². The van der Waals surface area contributed by atoms with Gasteiger partial charge >= 0.3 is 0 Å². The average molecular weight is 237 g/mol. The molecule has 1 aromatic rings. The predicted octanol–water partition coefficient (Wildman–Crippen LogP) is 1.34. The molecule has 0 heterocycles. The van der Waals surface area contributed by atoms with E-state index >= 15 is 0 Å². The van der Waals surface area contributed by atoms with E-state index in [2.05, 4.69) is 5.32 Å². The van der Waals surface area contributed by atoms with Crippen LogP contribution in [0, 0.1) is 0 Å². The van der Waals surface area contributed by atoms with Gasteiger partial charge in [0.05, 0.1) is 11.8 Å². The number of nitrogens with one attached hydrogen (secondary N) is 1. The Morgan fingerprint density at radius 3 is 2.76 bits per heavy atom. The van der Waals surface area contributed by atoms with Crippen LogP contribution < -0.4 is 21.5 Å². The van der Waals surface area contributed by atoms with Crippen molar-refractivity contribution in [3.8, 4) is 5.75 Å². The fraction of sp³-hybridized carbons (Fsp3) is 0.417. The number of nitrogen functional groups attached to an aromatic ring is 1. The van der Waals surface area contributed by atoms with Crippen LogP contribution in [0.3, 0.4) is 0 Å². The van der Waals surface area contributed by atoms with Crippen LogP contribution in [0.25, 0.3) is 0 Å². The second kappa shape index (κ2) is 5.98. The molecule has 5 heteroatoms. The Morgan fingerprint density at radius 2 is 2.18 bits per heavy atom. The number of hydrogen-bond acceptors (Lipinski definition) is 4. The molecule has 0 bridgehead atoms. The molecule has 5 N–H and O–H groups in total. The first-order chi connectivity index (χ1) is 7.99. The van der Waals surface area contributed by atoms with E-state index in [1.807, 2.05) is 26.0 Å². The number of primary amides is 1. The summed E-state index contributed by atoms with van der Waals surface area (Å²) >= 11 is 0. The molecular weight excluding hydrogens is 218 g/mol. The number of hydrogen-bond donors (Lipinski definition) is 3. The van der Waals surface area contributed by atoms with Gasteiger partial charge in [0.2, 0.25) is 5.91 Å². The average Bonchev–Trinajstić information content (AvgIpc) is 2.21. The molecule has 94 valence electrons. The Hall–Kier alpha value is -1.91. The molecule has 0 atom stereocenters. The second-order valence-electron chi connectivity index (χ2n) is 4.06. The Kier molecular flexibility index (Phi) is 4.63. The smallest absolute Gasteiger partial charge is 0.219 e. The van der Waals surface area contributed by atoms with Crippen LogP contribution in [-0.4, -0.2) is 18.6 Å². The zero-order chi connectivity index (χ0) is 12.8. The van der Waals surface area contributed by atoms with E-state index in [-0.39, 0.29) is 12.0 Å². The quantitative estimate of drug-likeness (QED) is 0.651. The summed E-state index contributed by atoms with van der Waals surface area (Å²) < 4.78 is 5.56. The minimum atomic E-state index is -0.327. The maximum absolute atomic E-state index is 10.6. The van der Waals surface area contributed by atoms with E-state index in [0.29, 0.717) is 24.4 Å². The van der Waals surface area contributed by atoms with Crippen molar-refractivity contribution >= 4 is 17.3 Å². The van der Waals surface area contributed by atoms with Gasteiger partial charge < -0.3 is 21.5 Å².